The van der Waals surface area contributed by atoms with Crippen molar-refractivity contribution in [2.75, 3.05) is 31.6 Å². The molecule has 0 N–H and O–H groups in total. The molecule has 0 aromatic heterocycles. The zero-order valence-corrected chi connectivity index (χ0v) is 19.4. The molecule has 1 atom stereocenters. The van der Waals surface area contributed by atoms with Crippen LogP contribution >= 0.6 is 12.4 Å². The minimum atomic E-state index is 0. The third-order valence-corrected chi connectivity index (χ3v) is 6.47. The molecule has 0 amide bonds. The van der Waals surface area contributed by atoms with Crippen molar-refractivity contribution in [1.29, 1.82) is 0 Å². The number of hydrogen-bond donors (Lipinski definition) is 0. The zero-order chi connectivity index (χ0) is 21.0. The Morgan fingerprint density at radius 2 is 1.69 bits per heavy atom. The number of likely N-dealkylation sites (tertiary alicyclic amines) is 1. The fourth-order valence-electron chi connectivity index (χ4n) is 4.85. The van der Waals surface area contributed by atoms with Gasteiger partial charge in [0, 0.05) is 30.4 Å². The van der Waals surface area contributed by atoms with Crippen molar-refractivity contribution in [1.82, 2.24) is 4.90 Å². The molecule has 1 saturated heterocycles. The average Bonchev–Trinajstić information content (AvgIpc) is 3.21. The van der Waals surface area contributed by atoms with Crippen molar-refractivity contribution in [2.24, 2.45) is 0 Å². The summed E-state index contributed by atoms with van der Waals surface area (Å²) < 4.78 is 11.4. The first-order valence-corrected chi connectivity index (χ1v) is 11.3. The van der Waals surface area contributed by atoms with Crippen LogP contribution in [0.4, 0.5) is 11.4 Å². The van der Waals surface area contributed by atoms with Gasteiger partial charge in [-0.15, -0.1) is 12.4 Å². The first kappa shape index (κ1) is 22.5. The standard InChI is InChI=1S/C27H30N2O2.ClH/c1-30-24-14-12-21(13-15-24)7-6-17-28-18-16-23(19-28)29-25-9-3-2-8-22(25)20-31-27-11-5-4-10-26(27)29;/h2-5,8-15,23H,6-7,16-20H2,1H3;1H. The Morgan fingerprint density at radius 3 is 2.50 bits per heavy atom. The molecule has 32 heavy (non-hydrogen) atoms. The lowest BCUT2D eigenvalue weighted by Crippen LogP contribution is -2.34. The van der Waals surface area contributed by atoms with E-state index in [9.17, 15) is 0 Å². The SMILES string of the molecule is COc1ccc(CCCN2CCC(N3c4ccccc4COc4ccccc43)C2)cc1.Cl. The van der Waals surface area contributed by atoms with E-state index in [0.29, 0.717) is 12.6 Å². The van der Waals surface area contributed by atoms with Gasteiger partial charge >= 0.3 is 0 Å². The molecule has 2 heterocycles. The van der Waals surface area contributed by atoms with Gasteiger partial charge in [-0.05, 0) is 61.7 Å². The van der Waals surface area contributed by atoms with Crippen LogP contribution in [0.25, 0.3) is 0 Å². The van der Waals surface area contributed by atoms with Crippen LogP contribution in [0.1, 0.15) is 24.0 Å². The predicted octanol–water partition coefficient (Wildman–Crippen LogP) is 5.85. The normalized spacial score (nSPS) is 17.5. The number of nitrogens with zero attached hydrogens (tertiary/aromatic N) is 2. The summed E-state index contributed by atoms with van der Waals surface area (Å²) in [4.78, 5) is 5.15. The molecule has 3 aromatic rings. The monoisotopic (exact) mass is 450 g/mol. The molecule has 2 aliphatic heterocycles. The lowest BCUT2D eigenvalue weighted by molar-refractivity contribution is 0.310. The molecule has 168 valence electrons. The van der Waals surface area contributed by atoms with Crippen LogP contribution in [0.5, 0.6) is 11.5 Å². The van der Waals surface area contributed by atoms with Gasteiger partial charge in [0.15, 0.2) is 0 Å². The highest BCUT2D eigenvalue weighted by molar-refractivity contribution is 5.85. The molecule has 0 aliphatic carbocycles. The van der Waals surface area contributed by atoms with Crippen LogP contribution in [-0.4, -0.2) is 37.7 Å². The summed E-state index contributed by atoms with van der Waals surface area (Å²) in [5.41, 5.74) is 5.12. The van der Waals surface area contributed by atoms with Gasteiger partial charge in [0.25, 0.3) is 0 Å². The molecule has 0 spiro atoms. The first-order valence-electron chi connectivity index (χ1n) is 11.3. The van der Waals surface area contributed by atoms with Gasteiger partial charge in [-0.2, -0.15) is 0 Å². The number of halogens is 1. The summed E-state index contributed by atoms with van der Waals surface area (Å²) >= 11 is 0. The number of aryl methyl sites for hydroxylation is 1. The maximum atomic E-state index is 6.16. The van der Waals surface area contributed by atoms with Crippen LogP contribution in [-0.2, 0) is 13.0 Å². The number of rotatable bonds is 6. The second-order valence-corrected chi connectivity index (χ2v) is 8.45. The minimum absolute atomic E-state index is 0. The minimum Gasteiger partial charge on any atom is -0.497 e. The Hall–Kier alpha value is -2.69. The van der Waals surface area contributed by atoms with E-state index < -0.39 is 0 Å². The quantitative estimate of drug-likeness (QED) is 0.470. The van der Waals surface area contributed by atoms with Crippen LogP contribution in [0.3, 0.4) is 0 Å². The lowest BCUT2D eigenvalue weighted by Gasteiger charge is -2.32. The van der Waals surface area contributed by atoms with Crippen LogP contribution in [0, 0.1) is 0 Å². The zero-order valence-electron chi connectivity index (χ0n) is 18.6. The fourth-order valence-corrected chi connectivity index (χ4v) is 4.85. The summed E-state index contributed by atoms with van der Waals surface area (Å²) in [5.74, 6) is 1.91. The average molecular weight is 451 g/mol. The topological polar surface area (TPSA) is 24.9 Å². The molecule has 0 radical (unpaired) electrons. The van der Waals surface area contributed by atoms with Crippen LogP contribution < -0.4 is 14.4 Å². The number of ether oxygens (including phenoxy) is 2. The van der Waals surface area contributed by atoms with E-state index in [-0.39, 0.29) is 12.4 Å². The summed E-state index contributed by atoms with van der Waals surface area (Å²) in [6.45, 7) is 4.00. The number of methoxy groups -OCH3 is 1. The van der Waals surface area contributed by atoms with Gasteiger partial charge in [0.1, 0.15) is 18.1 Å². The number of anilines is 2. The van der Waals surface area contributed by atoms with Gasteiger partial charge in [-0.25, -0.2) is 0 Å². The highest BCUT2D eigenvalue weighted by Gasteiger charge is 2.32. The largest absolute Gasteiger partial charge is 0.497 e. The van der Waals surface area contributed by atoms with Crippen molar-refractivity contribution in [2.45, 2.75) is 31.9 Å². The van der Waals surface area contributed by atoms with Gasteiger partial charge in [0.05, 0.1) is 12.8 Å². The summed E-state index contributed by atoms with van der Waals surface area (Å²) in [7, 11) is 1.71. The number of fused-ring (bicyclic) bond motifs is 2. The van der Waals surface area contributed by atoms with E-state index in [1.54, 1.807) is 7.11 Å². The smallest absolute Gasteiger partial charge is 0.143 e. The summed E-state index contributed by atoms with van der Waals surface area (Å²) in [5, 5.41) is 0. The van der Waals surface area contributed by atoms with Gasteiger partial charge in [0.2, 0.25) is 0 Å². The maximum Gasteiger partial charge on any atom is 0.143 e. The molecule has 0 saturated carbocycles. The van der Waals surface area contributed by atoms with Crippen molar-refractivity contribution in [3.05, 3.63) is 83.9 Å². The van der Waals surface area contributed by atoms with E-state index in [0.717, 1.165) is 37.6 Å². The molecule has 1 fully saturated rings. The molecule has 5 heteroatoms. The fraction of sp³-hybridized carbons (Fsp3) is 0.333. The molecule has 0 bridgehead atoms. The Bertz CT molecular complexity index is 977. The van der Waals surface area contributed by atoms with Gasteiger partial charge in [-0.1, -0.05) is 42.5 Å². The number of hydrogen-bond acceptors (Lipinski definition) is 4. The van der Waals surface area contributed by atoms with Crippen LogP contribution in [0.15, 0.2) is 72.8 Å². The Kier molecular flexibility index (Phi) is 7.23. The van der Waals surface area contributed by atoms with E-state index in [1.165, 1.54) is 35.3 Å². The highest BCUT2D eigenvalue weighted by Crippen LogP contribution is 2.42. The Labute approximate surface area is 197 Å². The highest BCUT2D eigenvalue weighted by atomic mass is 35.5. The molecule has 5 rings (SSSR count). The first-order chi connectivity index (χ1) is 15.3. The second-order valence-electron chi connectivity index (χ2n) is 8.45. The molecular formula is C27H31ClN2O2. The van der Waals surface area contributed by atoms with E-state index in [1.807, 2.05) is 0 Å². The third-order valence-electron chi connectivity index (χ3n) is 6.47. The van der Waals surface area contributed by atoms with Crippen LogP contribution in [0.2, 0.25) is 0 Å². The van der Waals surface area contributed by atoms with Crippen molar-refractivity contribution in [3.8, 4) is 11.5 Å². The summed E-state index contributed by atoms with van der Waals surface area (Å²) in [6.07, 6.45) is 3.45. The van der Waals surface area contributed by atoms with Crippen molar-refractivity contribution >= 4 is 23.8 Å². The van der Waals surface area contributed by atoms with E-state index in [4.69, 9.17) is 9.47 Å². The molecule has 3 aromatic carbocycles. The lowest BCUT2D eigenvalue weighted by atomic mass is 10.1. The van der Waals surface area contributed by atoms with E-state index in [2.05, 4.69) is 82.6 Å². The third kappa shape index (κ3) is 4.72. The maximum absolute atomic E-state index is 6.16. The van der Waals surface area contributed by atoms with Crippen molar-refractivity contribution < 1.29 is 9.47 Å². The van der Waals surface area contributed by atoms with Gasteiger partial charge in [-0.3, -0.25) is 0 Å². The number of benzene rings is 3. The molecule has 1 unspecified atom stereocenters. The Morgan fingerprint density at radius 1 is 0.938 bits per heavy atom. The molecule has 2 aliphatic rings. The Balaban J connectivity index is 0.00000245. The summed E-state index contributed by atoms with van der Waals surface area (Å²) in [6, 6.07) is 26.1. The molecule has 4 nitrogen and oxygen atoms in total. The van der Waals surface area contributed by atoms with Crippen molar-refractivity contribution in [3.63, 3.8) is 0 Å². The predicted molar refractivity (Wildman–Crippen MR) is 133 cm³/mol. The number of para-hydroxylation sites is 3. The second kappa shape index (κ2) is 10.3. The van der Waals surface area contributed by atoms with E-state index >= 15 is 0 Å². The molecular weight excluding hydrogens is 420 g/mol. The van der Waals surface area contributed by atoms with Gasteiger partial charge < -0.3 is 19.3 Å².